The average molecular weight is 324 g/mol. The van der Waals surface area contributed by atoms with Gasteiger partial charge in [0.05, 0.1) is 22.8 Å². The first-order valence-electron chi connectivity index (χ1n) is 6.08. The lowest BCUT2D eigenvalue weighted by atomic mass is 10.1. The molecule has 0 radical (unpaired) electrons. The number of hydrogen-bond donors (Lipinski definition) is 1. The van der Waals surface area contributed by atoms with Crippen LogP contribution in [0.25, 0.3) is 10.9 Å². The fraction of sp³-hybridized carbons (Fsp3) is 0. The summed E-state index contributed by atoms with van der Waals surface area (Å²) in [7, 11) is 0. The number of nitrogens with one attached hydrogen (secondary N) is 1. The fourth-order valence-corrected chi connectivity index (χ4v) is 2.37. The summed E-state index contributed by atoms with van der Waals surface area (Å²) in [6.45, 7) is 0. The summed E-state index contributed by atoms with van der Waals surface area (Å²) in [5.41, 5.74) is 3.44. The van der Waals surface area contributed by atoms with Crippen LogP contribution >= 0.6 is 15.9 Å². The Labute approximate surface area is 125 Å². The molecule has 0 unspecified atom stereocenters. The molecule has 3 aromatic rings. The summed E-state index contributed by atoms with van der Waals surface area (Å²) >= 11 is 3.43. The molecule has 0 aliphatic heterocycles. The van der Waals surface area contributed by atoms with Crippen molar-refractivity contribution in [3.05, 3.63) is 64.8 Å². The molecule has 1 N–H and O–H groups in total. The Morgan fingerprint density at radius 2 is 1.90 bits per heavy atom. The topological polar surface area (TPSA) is 48.7 Å². The molecule has 96 valence electrons. The molecule has 0 saturated carbocycles. The van der Waals surface area contributed by atoms with E-state index in [1.807, 2.05) is 36.4 Å². The average Bonchev–Trinajstić information content (AvgIpc) is 2.48. The van der Waals surface area contributed by atoms with Crippen LogP contribution in [0.1, 0.15) is 5.56 Å². The molecule has 3 nitrogen and oxygen atoms in total. The smallest absolute Gasteiger partial charge is 0.0991 e. The number of fused-ring (bicyclic) bond motifs is 1. The van der Waals surface area contributed by atoms with E-state index < -0.39 is 0 Å². The van der Waals surface area contributed by atoms with Crippen molar-refractivity contribution in [3.63, 3.8) is 0 Å². The predicted octanol–water partition coefficient (Wildman–Crippen LogP) is 4.61. The first-order valence-corrected chi connectivity index (χ1v) is 6.87. The van der Waals surface area contributed by atoms with Crippen LogP contribution in [-0.4, -0.2) is 4.98 Å². The maximum atomic E-state index is 8.80. The maximum absolute atomic E-state index is 8.80. The van der Waals surface area contributed by atoms with E-state index >= 15 is 0 Å². The predicted molar refractivity (Wildman–Crippen MR) is 83.9 cm³/mol. The van der Waals surface area contributed by atoms with Crippen LogP contribution in [0.3, 0.4) is 0 Å². The zero-order chi connectivity index (χ0) is 13.9. The lowest BCUT2D eigenvalue weighted by Crippen LogP contribution is -1.93. The summed E-state index contributed by atoms with van der Waals surface area (Å²) in [5.74, 6) is 0. The van der Waals surface area contributed by atoms with Gasteiger partial charge in [-0.15, -0.1) is 0 Å². The van der Waals surface area contributed by atoms with Gasteiger partial charge in [-0.1, -0.05) is 12.1 Å². The van der Waals surface area contributed by atoms with Crippen LogP contribution in [0, 0.1) is 11.3 Å². The molecule has 0 bridgehead atoms. The quantitative estimate of drug-likeness (QED) is 0.749. The van der Waals surface area contributed by atoms with Crippen molar-refractivity contribution >= 4 is 38.2 Å². The van der Waals surface area contributed by atoms with Crippen molar-refractivity contribution in [2.45, 2.75) is 0 Å². The van der Waals surface area contributed by atoms with E-state index in [4.69, 9.17) is 5.26 Å². The number of rotatable bonds is 2. The van der Waals surface area contributed by atoms with E-state index in [2.05, 4.69) is 32.3 Å². The molecule has 1 aromatic heterocycles. The monoisotopic (exact) mass is 323 g/mol. The van der Waals surface area contributed by atoms with Crippen molar-refractivity contribution in [2.24, 2.45) is 0 Å². The molecule has 0 amide bonds. The highest BCUT2D eigenvalue weighted by Crippen LogP contribution is 2.26. The van der Waals surface area contributed by atoms with Gasteiger partial charge in [0, 0.05) is 21.7 Å². The Kier molecular flexibility index (Phi) is 3.36. The molecule has 0 aliphatic rings. The molecule has 0 fully saturated rings. The number of nitrogens with zero attached hydrogens (tertiary/aromatic N) is 2. The normalized spacial score (nSPS) is 10.2. The van der Waals surface area contributed by atoms with Crippen LogP contribution in [0.2, 0.25) is 0 Å². The number of nitriles is 1. The summed E-state index contributed by atoms with van der Waals surface area (Å²) in [6.07, 6.45) is 1.78. The number of benzene rings is 2. The Hall–Kier alpha value is -2.38. The van der Waals surface area contributed by atoms with Crippen LogP contribution in [0.5, 0.6) is 0 Å². The summed E-state index contributed by atoms with van der Waals surface area (Å²) in [5, 5.41) is 13.2. The molecule has 2 aromatic carbocycles. The van der Waals surface area contributed by atoms with E-state index in [0.717, 1.165) is 26.8 Å². The lowest BCUT2D eigenvalue weighted by Gasteiger charge is -2.09. The minimum Gasteiger partial charge on any atom is -0.354 e. The fourth-order valence-electron chi connectivity index (χ4n) is 2.02. The van der Waals surface area contributed by atoms with Crippen molar-refractivity contribution in [1.29, 1.82) is 5.26 Å². The van der Waals surface area contributed by atoms with Crippen molar-refractivity contribution in [1.82, 2.24) is 4.98 Å². The largest absolute Gasteiger partial charge is 0.354 e. The Bertz CT molecular complexity index is 804. The number of pyridine rings is 1. The van der Waals surface area contributed by atoms with Crippen LogP contribution in [0.15, 0.2) is 59.2 Å². The highest BCUT2D eigenvalue weighted by molar-refractivity contribution is 9.10. The third-order valence-corrected chi connectivity index (χ3v) is 3.40. The molecular formula is C16H10BrN3. The molecule has 20 heavy (non-hydrogen) atoms. The number of hydrogen-bond acceptors (Lipinski definition) is 3. The van der Waals surface area contributed by atoms with Crippen LogP contribution in [-0.2, 0) is 0 Å². The van der Waals surface area contributed by atoms with Crippen molar-refractivity contribution in [3.8, 4) is 6.07 Å². The number of halogens is 1. The van der Waals surface area contributed by atoms with Gasteiger partial charge in [-0.3, -0.25) is 4.98 Å². The Morgan fingerprint density at radius 3 is 2.65 bits per heavy atom. The second-order valence-corrected chi connectivity index (χ2v) is 5.26. The minimum atomic E-state index is 0.649. The standard InChI is InChI=1S/C16H10BrN3/c17-13-8-12-2-1-3-15(16(12)19-10-13)20-14-6-4-11(9-18)5-7-14/h1-8,10,20H. The molecule has 3 rings (SSSR count). The van der Waals surface area contributed by atoms with E-state index in [-0.39, 0.29) is 0 Å². The second-order valence-electron chi connectivity index (χ2n) is 4.34. The first kappa shape index (κ1) is 12.6. The van der Waals surface area contributed by atoms with Crippen LogP contribution < -0.4 is 5.32 Å². The number of para-hydroxylation sites is 1. The van der Waals surface area contributed by atoms with Crippen LogP contribution in [0.4, 0.5) is 11.4 Å². The van der Waals surface area contributed by atoms with Gasteiger partial charge in [0.25, 0.3) is 0 Å². The highest BCUT2D eigenvalue weighted by Gasteiger charge is 2.03. The Balaban J connectivity index is 2.00. The van der Waals surface area contributed by atoms with Gasteiger partial charge in [0.15, 0.2) is 0 Å². The van der Waals surface area contributed by atoms with Gasteiger partial charge in [-0.2, -0.15) is 5.26 Å². The zero-order valence-corrected chi connectivity index (χ0v) is 12.1. The maximum Gasteiger partial charge on any atom is 0.0991 e. The second kappa shape index (κ2) is 5.32. The lowest BCUT2D eigenvalue weighted by molar-refractivity contribution is 1.38. The molecule has 0 aliphatic carbocycles. The molecule has 1 heterocycles. The summed E-state index contributed by atoms with van der Waals surface area (Å²) in [4.78, 5) is 4.45. The molecular weight excluding hydrogens is 314 g/mol. The van der Waals surface area contributed by atoms with E-state index in [1.54, 1.807) is 18.3 Å². The van der Waals surface area contributed by atoms with Crippen molar-refractivity contribution < 1.29 is 0 Å². The van der Waals surface area contributed by atoms with Gasteiger partial charge in [0.1, 0.15) is 0 Å². The first-order chi connectivity index (χ1) is 9.76. The van der Waals surface area contributed by atoms with E-state index in [1.165, 1.54) is 0 Å². The van der Waals surface area contributed by atoms with Gasteiger partial charge in [-0.05, 0) is 52.3 Å². The van der Waals surface area contributed by atoms with E-state index in [9.17, 15) is 0 Å². The van der Waals surface area contributed by atoms with Gasteiger partial charge in [-0.25, -0.2) is 0 Å². The molecule has 4 heteroatoms. The van der Waals surface area contributed by atoms with Gasteiger partial charge in [0.2, 0.25) is 0 Å². The number of aromatic nitrogens is 1. The number of anilines is 2. The van der Waals surface area contributed by atoms with Gasteiger partial charge < -0.3 is 5.32 Å². The SMILES string of the molecule is N#Cc1ccc(Nc2cccc3cc(Br)cnc23)cc1. The Morgan fingerprint density at radius 1 is 1.10 bits per heavy atom. The zero-order valence-electron chi connectivity index (χ0n) is 10.5. The highest BCUT2D eigenvalue weighted by atomic mass is 79.9. The third kappa shape index (κ3) is 2.49. The summed E-state index contributed by atoms with van der Waals surface area (Å²) in [6, 6.07) is 17.5. The minimum absolute atomic E-state index is 0.649. The molecule has 0 atom stereocenters. The van der Waals surface area contributed by atoms with Gasteiger partial charge >= 0.3 is 0 Å². The molecule has 0 spiro atoms. The van der Waals surface area contributed by atoms with Crippen molar-refractivity contribution in [2.75, 3.05) is 5.32 Å². The third-order valence-electron chi connectivity index (χ3n) is 2.97. The summed E-state index contributed by atoms with van der Waals surface area (Å²) < 4.78 is 0.959. The molecule has 0 saturated heterocycles. The van der Waals surface area contributed by atoms with E-state index in [0.29, 0.717) is 5.56 Å².